The van der Waals surface area contributed by atoms with Crippen molar-refractivity contribution in [1.82, 2.24) is 35.5 Å². The molecule has 3 aliphatic rings. The number of aromatic nitrogens is 4. The molecule has 5 heterocycles. The Morgan fingerprint density at radius 1 is 1.09 bits per heavy atom. The number of nitrogens with zero attached hydrogens (tertiary/aromatic N) is 4. The van der Waals surface area contributed by atoms with E-state index in [4.69, 9.17) is 14.2 Å². The third kappa shape index (κ3) is 7.84. The van der Waals surface area contributed by atoms with E-state index in [0.717, 1.165) is 25.0 Å². The number of unbranched alkanes of at least 4 members (excludes halogenated alkanes) is 1. The standard InChI is InChI=1S/C26H40N8O8S/c35-11-16-21(37)22(38)25(42-16)34-14-31-20-23(29-13-30-24(20)34)28-6-8-41-10-9-40-7-5-27-18(36)4-2-1-3-17-19-15(12-43-17)32-26(39)33-19/h13-17,19,21-22,25,35,37-38H,1-12H2,(H,27,36)(H,28,29,30)(H2,32,33,39)/t15-,16+,17-,19-,21+,22+,25+/m0/s1. The number of rotatable bonds is 17. The summed E-state index contributed by atoms with van der Waals surface area (Å²) >= 11 is 1.89. The number of aliphatic hydroxyl groups excluding tert-OH is 3. The van der Waals surface area contributed by atoms with E-state index in [-0.39, 0.29) is 24.0 Å². The number of carbonyl (C=O) groups excluding carboxylic acids is 2. The summed E-state index contributed by atoms with van der Waals surface area (Å²) in [5.41, 5.74) is 0.876. The fourth-order valence-corrected chi connectivity index (χ4v) is 7.01. The van der Waals surface area contributed by atoms with E-state index >= 15 is 0 Å². The molecule has 3 amide bonds. The monoisotopic (exact) mass is 624 g/mol. The van der Waals surface area contributed by atoms with Gasteiger partial charge in [-0.3, -0.25) is 9.36 Å². The van der Waals surface area contributed by atoms with Gasteiger partial charge < -0.3 is 50.8 Å². The number of urea groups is 1. The van der Waals surface area contributed by atoms with Gasteiger partial charge in [0.15, 0.2) is 23.2 Å². The molecule has 0 unspecified atom stereocenters. The Morgan fingerprint density at radius 3 is 2.70 bits per heavy atom. The lowest BCUT2D eigenvalue weighted by atomic mass is 10.0. The lowest BCUT2D eigenvalue weighted by molar-refractivity contribution is -0.121. The van der Waals surface area contributed by atoms with Crippen LogP contribution in [0.3, 0.4) is 0 Å². The van der Waals surface area contributed by atoms with E-state index in [0.29, 0.717) is 68.2 Å². The molecule has 2 aromatic heterocycles. The predicted octanol–water partition coefficient (Wildman–Crippen LogP) is -1.28. The van der Waals surface area contributed by atoms with E-state index in [2.05, 4.69) is 36.2 Å². The predicted molar refractivity (Wildman–Crippen MR) is 155 cm³/mol. The van der Waals surface area contributed by atoms with Crippen LogP contribution in [0.2, 0.25) is 0 Å². The van der Waals surface area contributed by atoms with Gasteiger partial charge in [-0.1, -0.05) is 6.42 Å². The molecule has 5 rings (SSSR count). The maximum Gasteiger partial charge on any atom is 0.315 e. The summed E-state index contributed by atoms with van der Waals surface area (Å²) in [5.74, 6) is 1.44. The van der Waals surface area contributed by atoms with Crippen molar-refractivity contribution in [2.75, 3.05) is 57.2 Å². The maximum atomic E-state index is 12.1. The second kappa shape index (κ2) is 15.3. The number of amides is 3. The number of aliphatic hydroxyl groups is 3. The van der Waals surface area contributed by atoms with Crippen molar-refractivity contribution in [3.63, 3.8) is 0 Å². The summed E-state index contributed by atoms with van der Waals surface area (Å²) in [5, 5.41) is 42.1. The van der Waals surface area contributed by atoms with Gasteiger partial charge in [0.25, 0.3) is 0 Å². The lowest BCUT2D eigenvalue weighted by Crippen LogP contribution is -2.36. The average Bonchev–Trinajstić information content (AvgIpc) is 3.76. The number of fused-ring (bicyclic) bond motifs is 2. The van der Waals surface area contributed by atoms with Crippen molar-refractivity contribution < 1.29 is 39.1 Å². The first-order valence-electron chi connectivity index (χ1n) is 14.6. The Balaban J connectivity index is 0.885. The Morgan fingerprint density at radius 2 is 1.91 bits per heavy atom. The molecule has 0 radical (unpaired) electrons. The van der Waals surface area contributed by atoms with Crippen LogP contribution < -0.4 is 21.3 Å². The molecule has 3 aliphatic heterocycles. The van der Waals surface area contributed by atoms with E-state index in [1.54, 1.807) is 0 Å². The second-order valence-corrected chi connectivity index (χ2v) is 11.9. The molecule has 0 saturated carbocycles. The van der Waals surface area contributed by atoms with E-state index in [1.807, 2.05) is 11.8 Å². The Kier molecular flexibility index (Phi) is 11.2. The molecule has 0 spiro atoms. The van der Waals surface area contributed by atoms with Crippen LogP contribution in [0.4, 0.5) is 10.6 Å². The summed E-state index contributed by atoms with van der Waals surface area (Å²) < 4.78 is 18.2. The van der Waals surface area contributed by atoms with Crippen molar-refractivity contribution in [3.05, 3.63) is 12.7 Å². The normalized spacial score (nSPS) is 28.2. The van der Waals surface area contributed by atoms with Crippen molar-refractivity contribution in [2.24, 2.45) is 0 Å². The van der Waals surface area contributed by atoms with Crippen LogP contribution in [-0.2, 0) is 19.0 Å². The summed E-state index contributed by atoms with van der Waals surface area (Å²) in [7, 11) is 0. The highest BCUT2D eigenvalue weighted by molar-refractivity contribution is 8.00. The molecule has 17 heteroatoms. The Hall–Kier alpha value is -2.80. The number of imidazole rings is 1. The van der Waals surface area contributed by atoms with Crippen LogP contribution >= 0.6 is 11.8 Å². The van der Waals surface area contributed by atoms with Gasteiger partial charge in [0.1, 0.15) is 24.6 Å². The van der Waals surface area contributed by atoms with Gasteiger partial charge in [0, 0.05) is 30.5 Å². The summed E-state index contributed by atoms with van der Waals surface area (Å²) in [6.07, 6.45) is 1.75. The maximum absolute atomic E-state index is 12.1. The lowest BCUT2D eigenvalue weighted by Gasteiger charge is -2.16. The third-order valence-electron chi connectivity index (χ3n) is 7.71. The highest BCUT2D eigenvalue weighted by Gasteiger charge is 2.44. The Bertz CT molecular complexity index is 1220. The molecule has 3 saturated heterocycles. The number of carbonyl (C=O) groups is 2. The third-order valence-corrected chi connectivity index (χ3v) is 9.22. The first-order chi connectivity index (χ1) is 21.0. The molecule has 7 atom stereocenters. The van der Waals surface area contributed by atoms with Crippen molar-refractivity contribution in [2.45, 2.75) is 67.6 Å². The first kappa shape index (κ1) is 31.6. The quantitative estimate of drug-likeness (QED) is 0.0808. The van der Waals surface area contributed by atoms with Crippen LogP contribution in [0.5, 0.6) is 0 Å². The van der Waals surface area contributed by atoms with Gasteiger partial charge in [0.2, 0.25) is 5.91 Å². The highest BCUT2D eigenvalue weighted by atomic mass is 32.2. The Labute approximate surface area is 252 Å². The van der Waals surface area contributed by atoms with Gasteiger partial charge in [-0.05, 0) is 12.8 Å². The number of ether oxygens (including phenoxy) is 3. The second-order valence-electron chi connectivity index (χ2n) is 10.6. The van der Waals surface area contributed by atoms with Crippen LogP contribution in [0.15, 0.2) is 12.7 Å². The SMILES string of the molecule is O=C(CCCC[C@@H]1SC[C@@H]2NC(=O)N[C@@H]21)NCCOCCOCCNc1ncnc2c1ncn2[C@@H]1O[C@H](CO)[C@@H](O)[C@H]1O. The van der Waals surface area contributed by atoms with E-state index in [9.17, 15) is 24.9 Å². The van der Waals surface area contributed by atoms with Crippen LogP contribution in [0.1, 0.15) is 31.9 Å². The highest BCUT2D eigenvalue weighted by Crippen LogP contribution is 2.33. The van der Waals surface area contributed by atoms with Crippen molar-refractivity contribution in [3.8, 4) is 0 Å². The number of thioether (sulfide) groups is 1. The largest absolute Gasteiger partial charge is 0.394 e. The zero-order valence-electron chi connectivity index (χ0n) is 23.8. The van der Waals surface area contributed by atoms with Crippen molar-refractivity contribution >= 4 is 40.7 Å². The molecule has 238 valence electrons. The summed E-state index contributed by atoms with van der Waals surface area (Å²) in [6.45, 7) is 2.06. The van der Waals surface area contributed by atoms with Crippen molar-refractivity contribution in [1.29, 1.82) is 0 Å². The topological polar surface area (TPSA) is 214 Å². The molecule has 7 N–H and O–H groups in total. The van der Waals surface area contributed by atoms with Gasteiger partial charge in [-0.15, -0.1) is 0 Å². The molecular weight excluding hydrogens is 584 g/mol. The van der Waals surface area contributed by atoms with Crippen LogP contribution in [0.25, 0.3) is 11.2 Å². The van der Waals surface area contributed by atoms with Crippen LogP contribution in [-0.4, -0.2) is 134 Å². The number of anilines is 1. The van der Waals surface area contributed by atoms with Gasteiger partial charge in [-0.25, -0.2) is 19.7 Å². The molecule has 0 bridgehead atoms. The minimum Gasteiger partial charge on any atom is -0.394 e. The average molecular weight is 625 g/mol. The van der Waals surface area contributed by atoms with E-state index < -0.39 is 31.1 Å². The van der Waals surface area contributed by atoms with Gasteiger partial charge in [-0.2, -0.15) is 11.8 Å². The number of hydrogen-bond donors (Lipinski definition) is 7. The fraction of sp³-hybridized carbons (Fsp3) is 0.731. The zero-order valence-corrected chi connectivity index (χ0v) is 24.6. The molecular formula is C26H40N8O8S. The molecule has 0 aliphatic carbocycles. The molecule has 16 nitrogen and oxygen atoms in total. The van der Waals surface area contributed by atoms with Crippen LogP contribution in [0, 0.1) is 0 Å². The number of hydrogen-bond acceptors (Lipinski definition) is 13. The van der Waals surface area contributed by atoms with Gasteiger partial charge in [0.05, 0.1) is 51.4 Å². The molecule has 0 aromatic carbocycles. The minimum atomic E-state index is -1.24. The smallest absolute Gasteiger partial charge is 0.315 e. The number of nitrogens with one attached hydrogen (secondary N) is 4. The summed E-state index contributed by atoms with van der Waals surface area (Å²) in [4.78, 5) is 36.3. The first-order valence-corrected chi connectivity index (χ1v) is 15.7. The molecule has 43 heavy (non-hydrogen) atoms. The van der Waals surface area contributed by atoms with Gasteiger partial charge >= 0.3 is 6.03 Å². The van der Waals surface area contributed by atoms with E-state index in [1.165, 1.54) is 17.2 Å². The molecule has 2 aromatic rings. The molecule has 3 fully saturated rings. The fourth-order valence-electron chi connectivity index (χ4n) is 5.47. The minimum absolute atomic E-state index is 0.0151. The summed E-state index contributed by atoms with van der Waals surface area (Å²) in [6, 6.07) is 0.365. The zero-order chi connectivity index (χ0) is 30.2.